The molecule has 4 rings (SSSR count). The third-order valence-electron chi connectivity index (χ3n) is 5.15. The Balaban J connectivity index is 1.34. The van der Waals surface area contributed by atoms with Crippen molar-refractivity contribution in [2.75, 3.05) is 18.0 Å². The Morgan fingerprint density at radius 1 is 0.931 bits per heavy atom. The van der Waals surface area contributed by atoms with Crippen molar-refractivity contribution >= 4 is 17.5 Å². The molecule has 1 heterocycles. The minimum absolute atomic E-state index is 0.0110. The zero-order valence-electron chi connectivity index (χ0n) is 15.8. The predicted molar refractivity (Wildman–Crippen MR) is 111 cm³/mol. The maximum atomic E-state index is 13.1. The molecule has 1 aliphatic rings. The van der Waals surface area contributed by atoms with Crippen LogP contribution in [0.1, 0.15) is 16.8 Å². The fraction of sp³-hybridized carbons (Fsp3) is 0.167. The normalized spacial score (nSPS) is 16.1. The monoisotopic (exact) mass is 388 g/mol. The van der Waals surface area contributed by atoms with Crippen molar-refractivity contribution in [1.82, 2.24) is 5.32 Å². The van der Waals surface area contributed by atoms with Gasteiger partial charge in [-0.25, -0.2) is 4.39 Å². The molecule has 5 heteroatoms. The van der Waals surface area contributed by atoms with Gasteiger partial charge in [-0.15, -0.1) is 0 Å². The van der Waals surface area contributed by atoms with E-state index in [0.717, 1.165) is 11.1 Å². The van der Waals surface area contributed by atoms with Crippen LogP contribution in [0.5, 0.6) is 0 Å². The predicted octanol–water partition coefficient (Wildman–Crippen LogP) is 4.28. The lowest BCUT2D eigenvalue weighted by molar-refractivity contribution is -0.117. The van der Waals surface area contributed by atoms with Crippen molar-refractivity contribution in [2.45, 2.75) is 6.42 Å². The van der Waals surface area contributed by atoms with Crippen LogP contribution in [0.15, 0.2) is 78.9 Å². The van der Waals surface area contributed by atoms with Gasteiger partial charge >= 0.3 is 0 Å². The number of hydrogen-bond acceptors (Lipinski definition) is 2. The molecule has 0 bridgehead atoms. The highest BCUT2D eigenvalue weighted by molar-refractivity contribution is 5.96. The van der Waals surface area contributed by atoms with Crippen LogP contribution in [0.25, 0.3) is 11.1 Å². The van der Waals surface area contributed by atoms with Crippen molar-refractivity contribution in [3.05, 3.63) is 90.2 Å². The molecule has 0 aliphatic carbocycles. The van der Waals surface area contributed by atoms with Crippen molar-refractivity contribution in [3.63, 3.8) is 0 Å². The average Bonchev–Trinajstić information content (AvgIpc) is 3.14. The van der Waals surface area contributed by atoms with Gasteiger partial charge in [0.25, 0.3) is 5.91 Å². The lowest BCUT2D eigenvalue weighted by atomic mass is 10.0. The Morgan fingerprint density at radius 2 is 1.59 bits per heavy atom. The topological polar surface area (TPSA) is 49.4 Å². The largest absolute Gasteiger partial charge is 0.352 e. The van der Waals surface area contributed by atoms with E-state index in [1.807, 2.05) is 54.6 Å². The molecular weight excluding hydrogens is 367 g/mol. The molecule has 146 valence electrons. The molecule has 1 aliphatic heterocycles. The van der Waals surface area contributed by atoms with Gasteiger partial charge in [0, 0.05) is 36.7 Å². The number of amides is 2. The number of anilines is 1. The fourth-order valence-electron chi connectivity index (χ4n) is 3.57. The number of nitrogens with zero attached hydrogens (tertiary/aromatic N) is 1. The molecule has 1 fully saturated rings. The minimum Gasteiger partial charge on any atom is -0.352 e. The van der Waals surface area contributed by atoms with Gasteiger partial charge in [0.15, 0.2) is 0 Å². The second-order valence-electron chi connectivity index (χ2n) is 7.20. The number of rotatable bonds is 5. The Hall–Kier alpha value is -3.47. The molecule has 0 radical (unpaired) electrons. The molecular formula is C24H21FN2O2. The highest BCUT2D eigenvalue weighted by Gasteiger charge is 2.30. The van der Waals surface area contributed by atoms with Crippen LogP contribution in [0.3, 0.4) is 0 Å². The van der Waals surface area contributed by atoms with E-state index in [2.05, 4.69) is 5.32 Å². The first-order chi connectivity index (χ1) is 14.1. The Morgan fingerprint density at radius 3 is 2.28 bits per heavy atom. The summed E-state index contributed by atoms with van der Waals surface area (Å²) in [6.45, 7) is 0.931. The first-order valence-electron chi connectivity index (χ1n) is 9.60. The van der Waals surface area contributed by atoms with Crippen LogP contribution < -0.4 is 10.2 Å². The van der Waals surface area contributed by atoms with Crippen molar-refractivity contribution in [3.8, 4) is 11.1 Å². The smallest absolute Gasteiger partial charge is 0.251 e. The lowest BCUT2D eigenvalue weighted by Gasteiger charge is -2.17. The summed E-state index contributed by atoms with van der Waals surface area (Å²) in [7, 11) is 0. The first-order valence-corrected chi connectivity index (χ1v) is 9.60. The molecule has 1 atom stereocenters. The van der Waals surface area contributed by atoms with E-state index in [9.17, 15) is 14.0 Å². The Labute approximate surface area is 169 Å². The summed E-state index contributed by atoms with van der Waals surface area (Å²) in [4.78, 5) is 26.4. The molecule has 0 spiro atoms. The van der Waals surface area contributed by atoms with Crippen molar-refractivity contribution in [1.29, 1.82) is 0 Å². The van der Waals surface area contributed by atoms with Crippen LogP contribution in [-0.2, 0) is 4.79 Å². The van der Waals surface area contributed by atoms with E-state index in [-0.39, 0.29) is 23.5 Å². The van der Waals surface area contributed by atoms with Crippen molar-refractivity contribution < 1.29 is 14.0 Å². The third kappa shape index (κ3) is 4.35. The van der Waals surface area contributed by atoms with Gasteiger partial charge in [0.2, 0.25) is 5.91 Å². The van der Waals surface area contributed by atoms with E-state index in [4.69, 9.17) is 0 Å². The molecule has 3 aromatic carbocycles. The van der Waals surface area contributed by atoms with Crippen LogP contribution in [-0.4, -0.2) is 24.9 Å². The molecule has 0 saturated carbocycles. The summed E-state index contributed by atoms with van der Waals surface area (Å²) in [6, 6.07) is 23.3. The summed E-state index contributed by atoms with van der Waals surface area (Å²) in [5, 5.41) is 2.92. The molecule has 1 N–H and O–H groups in total. The summed E-state index contributed by atoms with van der Waals surface area (Å²) in [6.07, 6.45) is 0.366. The van der Waals surface area contributed by atoms with Crippen LogP contribution in [0.4, 0.5) is 10.1 Å². The fourth-order valence-corrected chi connectivity index (χ4v) is 3.57. The summed E-state index contributed by atoms with van der Waals surface area (Å²) < 4.78 is 13.1. The van der Waals surface area contributed by atoms with Gasteiger partial charge in [-0.3, -0.25) is 9.59 Å². The quantitative estimate of drug-likeness (QED) is 0.709. The first kappa shape index (κ1) is 18.9. The lowest BCUT2D eigenvalue weighted by Crippen LogP contribution is -2.31. The molecule has 1 unspecified atom stereocenters. The average molecular weight is 388 g/mol. The van der Waals surface area contributed by atoms with Crippen LogP contribution in [0.2, 0.25) is 0 Å². The zero-order valence-corrected chi connectivity index (χ0v) is 15.8. The summed E-state index contributed by atoms with van der Waals surface area (Å²) in [5.74, 6) is -0.469. The van der Waals surface area contributed by atoms with E-state index in [0.29, 0.717) is 30.8 Å². The number of hydrogen-bond donors (Lipinski definition) is 1. The minimum atomic E-state index is -0.331. The molecule has 29 heavy (non-hydrogen) atoms. The van der Waals surface area contributed by atoms with Gasteiger partial charge in [-0.05, 0) is 47.5 Å². The number of nitrogens with one attached hydrogen (secondary N) is 1. The number of carbonyl (C=O) groups is 2. The Kier molecular flexibility index (Phi) is 5.38. The number of carbonyl (C=O) groups excluding carboxylic acids is 2. The van der Waals surface area contributed by atoms with Gasteiger partial charge in [-0.2, -0.15) is 0 Å². The van der Waals surface area contributed by atoms with Crippen molar-refractivity contribution in [2.24, 2.45) is 5.92 Å². The second kappa shape index (κ2) is 8.27. The molecule has 2 amide bonds. The highest BCUT2D eigenvalue weighted by Crippen LogP contribution is 2.25. The second-order valence-corrected chi connectivity index (χ2v) is 7.20. The van der Waals surface area contributed by atoms with E-state index in [1.54, 1.807) is 17.0 Å². The standard InChI is InChI=1S/C24H21FN2O2/c25-21-10-12-22(13-11-21)27-16-17(14-23(27)28)15-26-24(29)20-8-6-19(7-9-20)18-4-2-1-3-5-18/h1-13,17H,14-16H2,(H,26,29). The summed E-state index contributed by atoms with van der Waals surface area (Å²) >= 11 is 0. The highest BCUT2D eigenvalue weighted by atomic mass is 19.1. The Bertz CT molecular complexity index is 1000. The van der Waals surface area contributed by atoms with E-state index >= 15 is 0 Å². The van der Waals surface area contributed by atoms with Crippen LogP contribution >= 0.6 is 0 Å². The maximum absolute atomic E-state index is 13.1. The molecule has 3 aromatic rings. The van der Waals surface area contributed by atoms with Gasteiger partial charge in [-0.1, -0.05) is 42.5 Å². The molecule has 1 saturated heterocycles. The van der Waals surface area contributed by atoms with E-state index in [1.165, 1.54) is 12.1 Å². The zero-order chi connectivity index (χ0) is 20.2. The molecule has 4 nitrogen and oxygen atoms in total. The van der Waals surface area contributed by atoms with Gasteiger partial charge < -0.3 is 10.2 Å². The SMILES string of the molecule is O=C(NCC1CC(=O)N(c2ccc(F)cc2)C1)c1ccc(-c2ccccc2)cc1. The molecule has 0 aromatic heterocycles. The van der Waals surface area contributed by atoms with E-state index < -0.39 is 0 Å². The number of halogens is 1. The van der Waals surface area contributed by atoms with Gasteiger partial charge in [0.1, 0.15) is 5.82 Å². The van der Waals surface area contributed by atoms with Crippen LogP contribution in [0, 0.1) is 11.7 Å². The van der Waals surface area contributed by atoms with Gasteiger partial charge in [0.05, 0.1) is 0 Å². The number of benzene rings is 3. The maximum Gasteiger partial charge on any atom is 0.251 e. The summed E-state index contributed by atoms with van der Waals surface area (Å²) in [5.41, 5.74) is 3.43. The third-order valence-corrected chi connectivity index (χ3v) is 5.15.